The standard InChI is InChI=1S/C15H22/c1-14(2,3)12-8-7-10-9-11(12)13(10)15(4,5)6/h7-9,13H,1-6H3. The van der Waals surface area contributed by atoms with Gasteiger partial charge in [0, 0.05) is 5.92 Å². The smallest absolute Gasteiger partial charge is 0.0141 e. The quantitative estimate of drug-likeness (QED) is 0.582. The molecule has 0 saturated carbocycles. The molecule has 0 fully saturated rings. The van der Waals surface area contributed by atoms with Crippen molar-refractivity contribution in [2.45, 2.75) is 52.9 Å². The zero-order chi connectivity index (χ0) is 11.4. The Labute approximate surface area is 93.7 Å². The molecule has 0 heteroatoms. The van der Waals surface area contributed by atoms with Crippen LogP contribution in [-0.2, 0) is 5.41 Å². The highest BCUT2D eigenvalue weighted by Crippen LogP contribution is 2.50. The molecule has 3 rings (SSSR count). The van der Waals surface area contributed by atoms with Crippen molar-refractivity contribution >= 4 is 0 Å². The summed E-state index contributed by atoms with van der Waals surface area (Å²) >= 11 is 0. The normalized spacial score (nSPS) is 20.0. The second-order valence-electron chi connectivity index (χ2n) is 6.90. The summed E-state index contributed by atoms with van der Waals surface area (Å²) in [4.78, 5) is 0. The van der Waals surface area contributed by atoms with E-state index in [0.29, 0.717) is 11.3 Å². The van der Waals surface area contributed by atoms with Crippen molar-refractivity contribution < 1.29 is 0 Å². The lowest BCUT2D eigenvalue weighted by Crippen LogP contribution is -2.30. The van der Waals surface area contributed by atoms with Crippen molar-refractivity contribution in [3.05, 3.63) is 34.9 Å². The molecule has 2 bridgehead atoms. The molecule has 2 aliphatic carbocycles. The molecule has 82 valence electrons. The molecule has 0 saturated heterocycles. The van der Waals surface area contributed by atoms with E-state index < -0.39 is 0 Å². The minimum atomic E-state index is 0.276. The maximum absolute atomic E-state index is 2.37. The van der Waals surface area contributed by atoms with E-state index in [2.05, 4.69) is 59.7 Å². The summed E-state index contributed by atoms with van der Waals surface area (Å²) in [5, 5.41) is 0. The number of rotatable bonds is 0. The van der Waals surface area contributed by atoms with Crippen molar-refractivity contribution in [2.24, 2.45) is 5.41 Å². The zero-order valence-corrected chi connectivity index (χ0v) is 10.8. The molecule has 0 aliphatic heterocycles. The van der Waals surface area contributed by atoms with E-state index in [1.54, 1.807) is 5.56 Å². The fraction of sp³-hybridized carbons (Fsp3) is 0.600. The molecule has 1 atom stereocenters. The first-order valence-electron chi connectivity index (χ1n) is 5.85. The first kappa shape index (κ1) is 10.7. The highest BCUT2D eigenvalue weighted by atomic mass is 14.4. The lowest BCUT2D eigenvalue weighted by molar-refractivity contribution is 0.339. The van der Waals surface area contributed by atoms with Gasteiger partial charge in [-0.1, -0.05) is 59.7 Å². The van der Waals surface area contributed by atoms with Gasteiger partial charge in [-0.3, -0.25) is 0 Å². The van der Waals surface area contributed by atoms with Crippen molar-refractivity contribution in [3.8, 4) is 0 Å². The molecule has 0 amide bonds. The SMILES string of the molecule is CC(C)(C)c1ccc2cc1C2C(C)(C)C. The summed E-state index contributed by atoms with van der Waals surface area (Å²) in [5.74, 6) is 0.664. The third-order valence-corrected chi connectivity index (χ3v) is 3.39. The fourth-order valence-corrected chi connectivity index (χ4v) is 2.73. The Kier molecular flexibility index (Phi) is 2.05. The van der Waals surface area contributed by atoms with E-state index in [1.807, 2.05) is 0 Å². The van der Waals surface area contributed by atoms with E-state index in [0.717, 1.165) is 0 Å². The van der Waals surface area contributed by atoms with Crippen LogP contribution in [0.2, 0.25) is 0 Å². The minimum Gasteiger partial charge on any atom is -0.0593 e. The summed E-state index contributed by atoms with van der Waals surface area (Å²) in [7, 11) is 0. The van der Waals surface area contributed by atoms with Crippen LogP contribution in [-0.4, -0.2) is 0 Å². The first-order chi connectivity index (χ1) is 6.71. The Morgan fingerprint density at radius 1 is 0.933 bits per heavy atom. The van der Waals surface area contributed by atoms with Gasteiger partial charge in [-0.2, -0.15) is 0 Å². The van der Waals surface area contributed by atoms with Crippen LogP contribution in [0.5, 0.6) is 0 Å². The Balaban J connectivity index is 2.46. The van der Waals surface area contributed by atoms with Crippen molar-refractivity contribution in [3.63, 3.8) is 0 Å². The van der Waals surface area contributed by atoms with E-state index >= 15 is 0 Å². The molecule has 0 N–H and O–H groups in total. The Hall–Kier alpha value is -0.780. The summed E-state index contributed by atoms with van der Waals surface area (Å²) < 4.78 is 0. The lowest BCUT2D eigenvalue weighted by atomic mass is 9.62. The molecule has 2 aliphatic rings. The Bertz CT molecular complexity index is 382. The highest BCUT2D eigenvalue weighted by molar-refractivity contribution is 5.53. The van der Waals surface area contributed by atoms with Gasteiger partial charge >= 0.3 is 0 Å². The summed E-state index contributed by atoms with van der Waals surface area (Å²) in [6.07, 6.45) is 0. The van der Waals surface area contributed by atoms with Gasteiger partial charge in [-0.15, -0.1) is 0 Å². The third-order valence-electron chi connectivity index (χ3n) is 3.39. The van der Waals surface area contributed by atoms with Gasteiger partial charge in [-0.05, 0) is 27.5 Å². The Morgan fingerprint density at radius 3 is 1.93 bits per heavy atom. The van der Waals surface area contributed by atoms with E-state index in [4.69, 9.17) is 0 Å². The van der Waals surface area contributed by atoms with Gasteiger partial charge in [0.1, 0.15) is 0 Å². The van der Waals surface area contributed by atoms with Gasteiger partial charge < -0.3 is 0 Å². The first-order valence-corrected chi connectivity index (χ1v) is 5.85. The van der Waals surface area contributed by atoms with Crippen LogP contribution in [0.15, 0.2) is 18.2 Å². The van der Waals surface area contributed by atoms with Gasteiger partial charge in [0.05, 0.1) is 0 Å². The molecule has 1 aromatic rings. The second-order valence-corrected chi connectivity index (χ2v) is 6.90. The number of benzene rings is 1. The van der Waals surface area contributed by atoms with Crippen LogP contribution in [0.3, 0.4) is 0 Å². The predicted octanol–water partition coefficient (Wildman–Crippen LogP) is 4.48. The maximum atomic E-state index is 2.37. The molecule has 0 heterocycles. The van der Waals surface area contributed by atoms with Gasteiger partial charge in [0.25, 0.3) is 0 Å². The molecule has 1 unspecified atom stereocenters. The summed E-state index contributed by atoms with van der Waals surface area (Å²) in [6.45, 7) is 13.9. The van der Waals surface area contributed by atoms with Crippen molar-refractivity contribution in [1.82, 2.24) is 0 Å². The van der Waals surface area contributed by atoms with E-state index in [1.165, 1.54) is 11.1 Å². The largest absolute Gasteiger partial charge is 0.0593 e. The lowest BCUT2D eigenvalue weighted by Gasteiger charge is -2.42. The highest BCUT2D eigenvalue weighted by Gasteiger charge is 2.38. The van der Waals surface area contributed by atoms with Crippen LogP contribution in [0.1, 0.15) is 64.2 Å². The minimum absolute atomic E-state index is 0.276. The molecule has 0 aromatic heterocycles. The zero-order valence-electron chi connectivity index (χ0n) is 10.8. The molecule has 0 nitrogen and oxygen atoms in total. The molecular formula is C15H22. The predicted molar refractivity (Wildman–Crippen MR) is 66.4 cm³/mol. The Morgan fingerprint density at radius 2 is 1.53 bits per heavy atom. The molecule has 0 spiro atoms. The topological polar surface area (TPSA) is 0 Å². The van der Waals surface area contributed by atoms with Gasteiger partial charge in [0.15, 0.2) is 0 Å². The van der Waals surface area contributed by atoms with Crippen LogP contribution < -0.4 is 0 Å². The van der Waals surface area contributed by atoms with E-state index in [9.17, 15) is 0 Å². The van der Waals surface area contributed by atoms with Gasteiger partial charge in [-0.25, -0.2) is 0 Å². The average molecular weight is 202 g/mol. The number of fused-ring (bicyclic) bond motifs is 2. The monoisotopic (exact) mass is 202 g/mol. The maximum Gasteiger partial charge on any atom is 0.0141 e. The van der Waals surface area contributed by atoms with Crippen molar-refractivity contribution in [1.29, 1.82) is 0 Å². The average Bonchev–Trinajstić information content (AvgIpc) is 1.98. The summed E-state index contributed by atoms with van der Waals surface area (Å²) in [5.41, 5.74) is 5.26. The molecular weight excluding hydrogens is 180 g/mol. The second kappa shape index (κ2) is 2.87. The van der Waals surface area contributed by atoms with Crippen molar-refractivity contribution in [2.75, 3.05) is 0 Å². The summed E-state index contributed by atoms with van der Waals surface area (Å²) in [6, 6.07) is 6.99. The molecule has 0 radical (unpaired) electrons. The number of hydrogen-bond acceptors (Lipinski definition) is 0. The third kappa shape index (κ3) is 1.60. The van der Waals surface area contributed by atoms with Crippen LogP contribution in [0, 0.1) is 5.41 Å². The molecule has 1 aromatic carbocycles. The fourth-order valence-electron chi connectivity index (χ4n) is 2.73. The van der Waals surface area contributed by atoms with Crippen LogP contribution in [0.4, 0.5) is 0 Å². The van der Waals surface area contributed by atoms with Crippen LogP contribution in [0.25, 0.3) is 0 Å². The van der Waals surface area contributed by atoms with Gasteiger partial charge in [0.2, 0.25) is 0 Å². The van der Waals surface area contributed by atoms with Crippen LogP contribution >= 0.6 is 0 Å². The number of hydrogen-bond donors (Lipinski definition) is 0. The van der Waals surface area contributed by atoms with E-state index in [-0.39, 0.29) is 5.41 Å². The molecule has 15 heavy (non-hydrogen) atoms.